The summed E-state index contributed by atoms with van der Waals surface area (Å²) in [5.74, 6) is 0.224. The highest BCUT2D eigenvalue weighted by Crippen LogP contribution is 2.29. The number of hydrogen-bond donors (Lipinski definition) is 0. The Bertz CT molecular complexity index is 1120. The minimum absolute atomic E-state index is 0.254. The molecule has 0 atom stereocenters. The molecule has 1 fully saturated rings. The van der Waals surface area contributed by atoms with Crippen molar-refractivity contribution in [1.82, 2.24) is 19.6 Å². The fourth-order valence-corrected chi connectivity index (χ4v) is 3.19. The summed E-state index contributed by atoms with van der Waals surface area (Å²) in [6.45, 7) is 0.650. The fourth-order valence-electron chi connectivity index (χ4n) is 3.19. The van der Waals surface area contributed by atoms with E-state index in [4.69, 9.17) is 0 Å². The Kier molecular flexibility index (Phi) is 3.60. The Balaban J connectivity index is 1.54. The molecule has 0 unspecified atom stereocenters. The lowest BCUT2D eigenvalue weighted by Gasteiger charge is -2.36. The Morgan fingerprint density at radius 2 is 1.81 bits per heavy atom. The summed E-state index contributed by atoms with van der Waals surface area (Å²) < 4.78 is 29.1. The van der Waals surface area contributed by atoms with Crippen LogP contribution in [-0.4, -0.2) is 38.8 Å². The first-order chi connectivity index (χ1) is 13.2. The quantitative estimate of drug-likeness (QED) is 0.556. The number of benzene rings is 2. The van der Waals surface area contributed by atoms with E-state index in [0.29, 0.717) is 18.9 Å². The van der Waals surface area contributed by atoms with Crippen LogP contribution in [0.5, 0.6) is 0 Å². The van der Waals surface area contributed by atoms with E-state index in [0.717, 1.165) is 16.8 Å². The lowest BCUT2D eigenvalue weighted by molar-refractivity contribution is 0.275. The molecule has 2 aromatic carbocycles. The first-order valence-electron chi connectivity index (χ1n) is 8.64. The largest absolute Gasteiger partial charge is 0.366 e. The highest BCUT2D eigenvalue weighted by Gasteiger charge is 2.27. The zero-order chi connectivity index (χ0) is 18.4. The van der Waals surface area contributed by atoms with E-state index in [2.05, 4.69) is 15.1 Å². The average Bonchev–Trinajstić information content (AvgIpc) is 3.10. The van der Waals surface area contributed by atoms with Crippen molar-refractivity contribution in [1.29, 1.82) is 0 Å². The molecule has 4 aromatic rings. The Morgan fingerprint density at radius 3 is 2.59 bits per heavy atom. The Labute approximate surface area is 153 Å². The minimum atomic E-state index is -0.826. The molecule has 0 N–H and O–H groups in total. The number of nitrogens with zero attached hydrogens (tertiary/aromatic N) is 5. The second-order valence-corrected chi connectivity index (χ2v) is 6.56. The molecule has 1 aliphatic rings. The normalized spacial score (nSPS) is 14.5. The van der Waals surface area contributed by atoms with Crippen LogP contribution in [0.25, 0.3) is 28.3 Å². The molecule has 1 aliphatic heterocycles. The van der Waals surface area contributed by atoms with Gasteiger partial charge in [-0.15, -0.1) is 5.10 Å². The molecule has 0 spiro atoms. The third kappa shape index (κ3) is 2.81. The second-order valence-electron chi connectivity index (χ2n) is 6.56. The van der Waals surface area contributed by atoms with Crippen LogP contribution in [0.15, 0.2) is 60.9 Å². The van der Waals surface area contributed by atoms with Crippen molar-refractivity contribution in [2.24, 2.45) is 0 Å². The molecular formula is C20H15F2N5. The summed E-state index contributed by atoms with van der Waals surface area (Å²) in [5.41, 5.74) is 2.94. The van der Waals surface area contributed by atoms with Gasteiger partial charge in [-0.1, -0.05) is 30.3 Å². The molecule has 0 amide bonds. The van der Waals surface area contributed by atoms with E-state index in [9.17, 15) is 8.78 Å². The van der Waals surface area contributed by atoms with Gasteiger partial charge < -0.3 is 4.90 Å². The van der Waals surface area contributed by atoms with Gasteiger partial charge in [0.15, 0.2) is 5.82 Å². The van der Waals surface area contributed by atoms with Crippen LogP contribution >= 0.6 is 0 Å². The van der Waals surface area contributed by atoms with Gasteiger partial charge >= 0.3 is 0 Å². The third-order valence-corrected chi connectivity index (χ3v) is 4.69. The van der Waals surface area contributed by atoms with Crippen molar-refractivity contribution in [3.05, 3.63) is 66.7 Å². The standard InChI is InChI=1S/C20H15F2N5/c21-15-11-26(12-15)16-6-7-18(22)17(8-16)19-24-20-23-9-14(10-27(20)25-19)13-4-2-1-3-5-13/h1-10,15H,11-12H2. The molecular weight excluding hydrogens is 348 g/mol. The maximum Gasteiger partial charge on any atom is 0.252 e. The smallest absolute Gasteiger partial charge is 0.252 e. The number of anilines is 1. The van der Waals surface area contributed by atoms with Crippen molar-refractivity contribution < 1.29 is 8.78 Å². The van der Waals surface area contributed by atoms with Gasteiger partial charge in [-0.3, -0.25) is 0 Å². The fraction of sp³-hybridized carbons (Fsp3) is 0.150. The molecule has 0 bridgehead atoms. The van der Waals surface area contributed by atoms with Gasteiger partial charge in [0.05, 0.1) is 18.7 Å². The molecule has 5 rings (SSSR count). The van der Waals surface area contributed by atoms with Crippen LogP contribution in [0.4, 0.5) is 14.5 Å². The predicted octanol–water partition coefficient (Wildman–Crippen LogP) is 3.76. The van der Waals surface area contributed by atoms with E-state index < -0.39 is 12.0 Å². The number of hydrogen-bond acceptors (Lipinski definition) is 4. The first kappa shape index (κ1) is 15.9. The van der Waals surface area contributed by atoms with Gasteiger partial charge in [-0.25, -0.2) is 18.3 Å². The molecule has 27 heavy (non-hydrogen) atoms. The number of alkyl halides is 1. The van der Waals surface area contributed by atoms with E-state index in [1.54, 1.807) is 22.8 Å². The molecule has 0 saturated carbocycles. The van der Waals surface area contributed by atoms with Gasteiger partial charge in [0.25, 0.3) is 5.78 Å². The van der Waals surface area contributed by atoms with Gasteiger partial charge in [0.1, 0.15) is 12.0 Å². The molecule has 134 valence electrons. The SMILES string of the molecule is Fc1ccc(N2CC(F)C2)cc1-c1nc2ncc(-c3ccccc3)cn2n1. The number of halogens is 2. The lowest BCUT2D eigenvalue weighted by atomic mass is 10.1. The topological polar surface area (TPSA) is 46.3 Å². The van der Waals surface area contributed by atoms with Crippen molar-refractivity contribution in [3.8, 4) is 22.5 Å². The van der Waals surface area contributed by atoms with Crippen LogP contribution in [0, 0.1) is 5.82 Å². The molecule has 0 radical (unpaired) electrons. The highest BCUT2D eigenvalue weighted by atomic mass is 19.1. The van der Waals surface area contributed by atoms with Gasteiger partial charge in [-0.2, -0.15) is 4.98 Å². The molecule has 7 heteroatoms. The van der Waals surface area contributed by atoms with Crippen LogP contribution in [0.1, 0.15) is 0 Å². The van der Waals surface area contributed by atoms with E-state index in [1.165, 1.54) is 6.07 Å². The van der Waals surface area contributed by atoms with E-state index in [1.807, 2.05) is 41.4 Å². The monoisotopic (exact) mass is 363 g/mol. The molecule has 5 nitrogen and oxygen atoms in total. The first-order valence-corrected chi connectivity index (χ1v) is 8.64. The van der Waals surface area contributed by atoms with Gasteiger partial charge in [0, 0.05) is 23.6 Å². The lowest BCUT2D eigenvalue weighted by Crippen LogP contribution is -2.48. The molecule has 2 aromatic heterocycles. The summed E-state index contributed by atoms with van der Waals surface area (Å²) >= 11 is 0. The second kappa shape index (κ2) is 6.12. The predicted molar refractivity (Wildman–Crippen MR) is 98.7 cm³/mol. The van der Waals surface area contributed by atoms with Crippen molar-refractivity contribution in [2.45, 2.75) is 6.17 Å². The third-order valence-electron chi connectivity index (χ3n) is 4.69. The van der Waals surface area contributed by atoms with Crippen LogP contribution in [0.3, 0.4) is 0 Å². The van der Waals surface area contributed by atoms with E-state index >= 15 is 0 Å². The van der Waals surface area contributed by atoms with Crippen LogP contribution in [0.2, 0.25) is 0 Å². The highest BCUT2D eigenvalue weighted by molar-refractivity contribution is 5.67. The maximum atomic E-state index is 14.4. The van der Waals surface area contributed by atoms with Gasteiger partial charge in [0.2, 0.25) is 0 Å². The zero-order valence-corrected chi connectivity index (χ0v) is 14.3. The van der Waals surface area contributed by atoms with Gasteiger partial charge in [-0.05, 0) is 23.8 Å². The van der Waals surface area contributed by atoms with Crippen molar-refractivity contribution in [3.63, 3.8) is 0 Å². The average molecular weight is 363 g/mol. The van der Waals surface area contributed by atoms with Crippen molar-refractivity contribution >= 4 is 11.5 Å². The maximum absolute atomic E-state index is 14.4. The minimum Gasteiger partial charge on any atom is -0.366 e. The summed E-state index contributed by atoms with van der Waals surface area (Å²) in [5, 5.41) is 4.40. The summed E-state index contributed by atoms with van der Waals surface area (Å²) in [4.78, 5) is 10.5. The summed E-state index contributed by atoms with van der Waals surface area (Å²) in [6, 6.07) is 14.5. The Hall–Kier alpha value is -3.35. The summed E-state index contributed by atoms with van der Waals surface area (Å²) in [6.07, 6.45) is 2.71. The van der Waals surface area contributed by atoms with Crippen molar-refractivity contribution in [2.75, 3.05) is 18.0 Å². The van der Waals surface area contributed by atoms with E-state index in [-0.39, 0.29) is 11.4 Å². The number of aromatic nitrogens is 4. The molecule has 0 aliphatic carbocycles. The molecule has 1 saturated heterocycles. The molecule has 3 heterocycles. The zero-order valence-electron chi connectivity index (χ0n) is 14.3. The number of rotatable bonds is 3. The van der Waals surface area contributed by atoms with Crippen LogP contribution < -0.4 is 4.90 Å². The summed E-state index contributed by atoms with van der Waals surface area (Å²) in [7, 11) is 0. The Morgan fingerprint density at radius 1 is 1.00 bits per heavy atom. The number of fused-ring (bicyclic) bond motifs is 1. The van der Waals surface area contributed by atoms with Crippen LogP contribution in [-0.2, 0) is 0 Å².